The molecule has 4 atom stereocenters. The summed E-state index contributed by atoms with van der Waals surface area (Å²) in [6, 6.07) is 7.10. The first-order valence-corrected chi connectivity index (χ1v) is 9.47. The number of imide groups is 1. The maximum atomic E-state index is 13.3. The predicted octanol–water partition coefficient (Wildman–Crippen LogP) is 0.956. The number of rotatable bonds is 6. The van der Waals surface area contributed by atoms with Crippen LogP contribution in [0.15, 0.2) is 36.4 Å². The van der Waals surface area contributed by atoms with Crippen molar-refractivity contribution in [1.29, 1.82) is 0 Å². The van der Waals surface area contributed by atoms with Crippen LogP contribution in [0.1, 0.15) is 19.4 Å². The number of para-hydroxylation sites is 1. The maximum Gasteiger partial charge on any atom is 0.305 e. The Kier molecular flexibility index (Phi) is 4.85. The molecule has 3 heterocycles. The van der Waals surface area contributed by atoms with Crippen molar-refractivity contribution >= 4 is 23.8 Å². The summed E-state index contributed by atoms with van der Waals surface area (Å²) in [6.07, 6.45) is 1.03. The van der Waals surface area contributed by atoms with Gasteiger partial charge in [-0.15, -0.1) is 0 Å². The first-order valence-electron chi connectivity index (χ1n) is 9.47. The van der Waals surface area contributed by atoms with Crippen molar-refractivity contribution in [3.8, 4) is 5.75 Å². The van der Waals surface area contributed by atoms with Crippen molar-refractivity contribution in [2.75, 3.05) is 7.11 Å². The highest BCUT2D eigenvalue weighted by Crippen LogP contribution is 2.54. The minimum absolute atomic E-state index is 0.0310. The Morgan fingerprint density at radius 3 is 2.43 bits per heavy atom. The van der Waals surface area contributed by atoms with Gasteiger partial charge in [0, 0.05) is 19.4 Å². The number of fused-ring (bicyclic) bond motifs is 5. The van der Waals surface area contributed by atoms with Crippen molar-refractivity contribution in [1.82, 2.24) is 4.90 Å². The fourth-order valence-electron chi connectivity index (χ4n) is 4.44. The Labute approximate surface area is 172 Å². The van der Waals surface area contributed by atoms with Gasteiger partial charge in [0.2, 0.25) is 11.8 Å². The Hall–Kier alpha value is -3.20. The first-order chi connectivity index (χ1) is 14.3. The average Bonchev–Trinajstić information content (AvgIpc) is 3.34. The predicted molar refractivity (Wildman–Crippen MR) is 99.6 cm³/mol. The molecule has 3 aliphatic heterocycles. The fraction of sp³-hybridized carbons (Fsp3) is 0.429. The number of methoxy groups -OCH3 is 1. The van der Waals surface area contributed by atoms with E-state index in [0.29, 0.717) is 11.3 Å². The summed E-state index contributed by atoms with van der Waals surface area (Å²) >= 11 is 0. The molecule has 2 bridgehead atoms. The Morgan fingerprint density at radius 2 is 1.80 bits per heavy atom. The summed E-state index contributed by atoms with van der Waals surface area (Å²) in [6.45, 7) is 2.35. The van der Waals surface area contributed by atoms with Crippen LogP contribution < -0.4 is 4.74 Å². The smallest absolute Gasteiger partial charge is 0.305 e. The van der Waals surface area contributed by atoms with Crippen LogP contribution in [0.5, 0.6) is 5.75 Å². The second kappa shape index (κ2) is 7.24. The van der Waals surface area contributed by atoms with Gasteiger partial charge < -0.3 is 18.9 Å². The van der Waals surface area contributed by atoms with Gasteiger partial charge in [-0.05, 0) is 12.1 Å². The van der Waals surface area contributed by atoms with Crippen LogP contribution in [0.2, 0.25) is 0 Å². The Balaban J connectivity index is 1.67. The van der Waals surface area contributed by atoms with Crippen LogP contribution >= 0.6 is 0 Å². The number of amides is 2. The second-order valence-corrected chi connectivity index (χ2v) is 7.42. The molecule has 30 heavy (non-hydrogen) atoms. The summed E-state index contributed by atoms with van der Waals surface area (Å²) < 4.78 is 21.6. The SMILES string of the molecule is COc1ccccc1CN1C(=O)[C@H]2[C@H]3C=C[C@@](C(OC(C)=O)OC(C)=O)(O3)[C@H]2C1=O. The van der Waals surface area contributed by atoms with E-state index < -0.39 is 53.6 Å². The number of carbonyl (C=O) groups is 4. The van der Waals surface area contributed by atoms with Gasteiger partial charge in [-0.2, -0.15) is 0 Å². The zero-order valence-electron chi connectivity index (χ0n) is 16.7. The van der Waals surface area contributed by atoms with Crippen molar-refractivity contribution in [2.45, 2.75) is 38.4 Å². The van der Waals surface area contributed by atoms with Crippen molar-refractivity contribution in [2.24, 2.45) is 11.8 Å². The number of carbonyl (C=O) groups excluding carboxylic acids is 4. The molecular formula is C21H21NO8. The van der Waals surface area contributed by atoms with Gasteiger partial charge in [-0.25, -0.2) is 0 Å². The van der Waals surface area contributed by atoms with E-state index in [-0.39, 0.29) is 6.54 Å². The van der Waals surface area contributed by atoms with Crippen LogP contribution in [0.4, 0.5) is 0 Å². The van der Waals surface area contributed by atoms with Crippen LogP contribution in [-0.2, 0) is 39.9 Å². The van der Waals surface area contributed by atoms with Crippen molar-refractivity contribution < 1.29 is 38.1 Å². The number of hydrogen-bond donors (Lipinski definition) is 0. The number of esters is 2. The normalized spacial score (nSPS) is 28.8. The number of nitrogens with zero attached hydrogens (tertiary/aromatic N) is 1. The third-order valence-electron chi connectivity index (χ3n) is 5.60. The standard InChI is InChI=1S/C21H21NO8/c1-11(23)28-20(29-12(2)24)21-9-8-15(30-21)16-17(21)19(26)22(18(16)25)10-13-6-4-5-7-14(13)27-3/h4-9,15-17,20H,10H2,1-3H3/t15-,16+,17-,21-/m1/s1. The molecule has 0 saturated carbocycles. The minimum Gasteiger partial charge on any atom is -0.496 e. The molecule has 1 aromatic rings. The van der Waals surface area contributed by atoms with E-state index in [4.69, 9.17) is 18.9 Å². The topological polar surface area (TPSA) is 108 Å². The summed E-state index contributed by atoms with van der Waals surface area (Å²) in [4.78, 5) is 50.9. The lowest BCUT2D eigenvalue weighted by molar-refractivity contribution is -0.227. The molecule has 0 aliphatic carbocycles. The van der Waals surface area contributed by atoms with Gasteiger partial charge in [0.05, 0.1) is 31.6 Å². The highest BCUT2D eigenvalue weighted by molar-refractivity contribution is 6.07. The quantitative estimate of drug-likeness (QED) is 0.293. The number of likely N-dealkylation sites (tertiary alicyclic amines) is 1. The highest BCUT2D eigenvalue weighted by atomic mass is 16.7. The highest BCUT2D eigenvalue weighted by Gasteiger charge is 2.71. The molecule has 2 fully saturated rings. The van der Waals surface area contributed by atoms with Gasteiger partial charge in [-0.1, -0.05) is 24.3 Å². The molecule has 4 rings (SSSR count). The number of ether oxygens (including phenoxy) is 4. The summed E-state index contributed by atoms with van der Waals surface area (Å²) in [5.41, 5.74) is -0.872. The maximum absolute atomic E-state index is 13.3. The van der Waals surface area contributed by atoms with Crippen molar-refractivity contribution in [3.63, 3.8) is 0 Å². The molecule has 0 N–H and O–H groups in total. The molecule has 9 nitrogen and oxygen atoms in total. The third kappa shape index (κ3) is 2.97. The van der Waals surface area contributed by atoms with Crippen LogP contribution in [-0.4, -0.2) is 53.8 Å². The van der Waals surface area contributed by atoms with Crippen LogP contribution in [0.25, 0.3) is 0 Å². The van der Waals surface area contributed by atoms with Gasteiger partial charge in [0.1, 0.15) is 5.75 Å². The van der Waals surface area contributed by atoms with E-state index in [9.17, 15) is 19.2 Å². The van der Waals surface area contributed by atoms with Gasteiger partial charge >= 0.3 is 11.9 Å². The third-order valence-corrected chi connectivity index (χ3v) is 5.60. The van der Waals surface area contributed by atoms with E-state index in [1.807, 2.05) is 0 Å². The summed E-state index contributed by atoms with van der Waals surface area (Å²) in [5, 5.41) is 0. The lowest BCUT2D eigenvalue weighted by Crippen LogP contribution is -2.52. The number of benzene rings is 1. The average molecular weight is 415 g/mol. The Morgan fingerprint density at radius 1 is 1.13 bits per heavy atom. The van der Waals surface area contributed by atoms with E-state index >= 15 is 0 Å². The van der Waals surface area contributed by atoms with Crippen molar-refractivity contribution in [3.05, 3.63) is 42.0 Å². The molecule has 0 aromatic heterocycles. The molecule has 0 radical (unpaired) electrons. The molecule has 3 aliphatic rings. The monoisotopic (exact) mass is 415 g/mol. The zero-order chi connectivity index (χ0) is 21.6. The summed E-state index contributed by atoms with van der Waals surface area (Å²) in [7, 11) is 1.51. The van der Waals surface area contributed by atoms with Crippen LogP contribution in [0, 0.1) is 11.8 Å². The number of hydrogen-bond acceptors (Lipinski definition) is 8. The summed E-state index contributed by atoms with van der Waals surface area (Å²) in [5.74, 6) is -3.49. The molecule has 0 unspecified atom stereocenters. The molecule has 0 spiro atoms. The molecule has 2 amide bonds. The lowest BCUT2D eigenvalue weighted by Gasteiger charge is -2.34. The van der Waals surface area contributed by atoms with Gasteiger partial charge in [0.25, 0.3) is 6.29 Å². The molecule has 2 saturated heterocycles. The largest absolute Gasteiger partial charge is 0.496 e. The van der Waals surface area contributed by atoms with E-state index in [1.165, 1.54) is 7.11 Å². The first kappa shape index (κ1) is 20.1. The lowest BCUT2D eigenvalue weighted by atomic mass is 9.76. The molecule has 1 aromatic carbocycles. The fourth-order valence-corrected chi connectivity index (χ4v) is 4.44. The van der Waals surface area contributed by atoms with Gasteiger partial charge in [-0.3, -0.25) is 24.1 Å². The van der Waals surface area contributed by atoms with E-state index in [0.717, 1.165) is 18.7 Å². The second-order valence-electron chi connectivity index (χ2n) is 7.42. The molecule has 9 heteroatoms. The molecular weight excluding hydrogens is 394 g/mol. The van der Waals surface area contributed by atoms with Gasteiger partial charge in [0.15, 0.2) is 5.60 Å². The molecule has 158 valence electrons. The van der Waals surface area contributed by atoms with Crippen LogP contribution in [0.3, 0.4) is 0 Å². The zero-order valence-corrected chi connectivity index (χ0v) is 16.7. The Bertz CT molecular complexity index is 940. The van der Waals surface area contributed by atoms with E-state index in [1.54, 1.807) is 36.4 Å². The van der Waals surface area contributed by atoms with E-state index in [2.05, 4.69) is 0 Å². The minimum atomic E-state index is -1.55.